The van der Waals surface area contributed by atoms with E-state index in [1.54, 1.807) is 0 Å². The molecule has 0 aromatic rings. The van der Waals surface area contributed by atoms with E-state index in [9.17, 15) is 9.59 Å². The average Bonchev–Trinajstić information content (AvgIpc) is 2.48. The van der Waals surface area contributed by atoms with E-state index < -0.39 is 0 Å². The number of carbonyl (C=O) groups excluding carboxylic acids is 2. The van der Waals surface area contributed by atoms with E-state index in [0.717, 1.165) is 38.8 Å². The number of hydrogen-bond acceptors (Lipinski definition) is 5. The van der Waals surface area contributed by atoms with Crippen molar-refractivity contribution < 1.29 is 14.3 Å². The van der Waals surface area contributed by atoms with Crippen molar-refractivity contribution in [3.8, 4) is 0 Å². The van der Waals surface area contributed by atoms with E-state index in [-0.39, 0.29) is 17.4 Å². The van der Waals surface area contributed by atoms with Crippen molar-refractivity contribution in [1.29, 1.82) is 0 Å². The second-order valence-corrected chi connectivity index (χ2v) is 6.33. The van der Waals surface area contributed by atoms with Crippen molar-refractivity contribution >= 4 is 11.9 Å². The van der Waals surface area contributed by atoms with Gasteiger partial charge in [-0.05, 0) is 12.8 Å². The SMILES string of the molecule is COC(=O)CN1CCN(C(=O)CC2(N)CCCCC2)CC1. The first-order valence-corrected chi connectivity index (χ1v) is 7.88. The maximum Gasteiger partial charge on any atom is 0.319 e. The molecule has 2 aliphatic rings. The molecule has 0 aromatic carbocycles. The van der Waals surface area contributed by atoms with E-state index >= 15 is 0 Å². The van der Waals surface area contributed by atoms with Crippen molar-refractivity contribution in [2.75, 3.05) is 39.8 Å². The third-order valence-electron chi connectivity index (χ3n) is 4.66. The van der Waals surface area contributed by atoms with E-state index in [1.807, 2.05) is 9.80 Å². The molecule has 1 saturated carbocycles. The Kier molecular flexibility index (Phi) is 5.58. The van der Waals surface area contributed by atoms with Crippen molar-refractivity contribution in [3.63, 3.8) is 0 Å². The minimum Gasteiger partial charge on any atom is -0.468 e. The molecule has 0 aromatic heterocycles. The van der Waals surface area contributed by atoms with Gasteiger partial charge in [-0.3, -0.25) is 14.5 Å². The van der Waals surface area contributed by atoms with Crippen LogP contribution in [-0.4, -0.2) is 67.0 Å². The first-order chi connectivity index (χ1) is 10.0. The highest BCUT2D eigenvalue weighted by Gasteiger charge is 2.32. The Bertz CT molecular complexity index is 372. The van der Waals surface area contributed by atoms with Crippen molar-refractivity contribution in [2.45, 2.75) is 44.1 Å². The molecule has 0 bridgehead atoms. The molecular weight excluding hydrogens is 270 g/mol. The summed E-state index contributed by atoms with van der Waals surface area (Å²) in [4.78, 5) is 27.5. The molecule has 6 nitrogen and oxygen atoms in total. The number of methoxy groups -OCH3 is 1. The van der Waals surface area contributed by atoms with Gasteiger partial charge in [0.1, 0.15) is 0 Å². The number of hydrogen-bond donors (Lipinski definition) is 1. The summed E-state index contributed by atoms with van der Waals surface area (Å²) in [5.74, 6) is -0.0602. The smallest absolute Gasteiger partial charge is 0.319 e. The van der Waals surface area contributed by atoms with Crippen LogP contribution in [0.5, 0.6) is 0 Å². The van der Waals surface area contributed by atoms with Gasteiger partial charge in [0.15, 0.2) is 0 Å². The van der Waals surface area contributed by atoms with Gasteiger partial charge in [0.05, 0.1) is 13.7 Å². The third kappa shape index (κ3) is 4.68. The summed E-state index contributed by atoms with van der Waals surface area (Å²) in [7, 11) is 1.40. The molecule has 1 aliphatic carbocycles. The number of carbonyl (C=O) groups is 2. The van der Waals surface area contributed by atoms with Gasteiger partial charge in [0, 0.05) is 38.1 Å². The molecule has 0 spiro atoms. The van der Waals surface area contributed by atoms with Crippen LogP contribution in [0, 0.1) is 0 Å². The van der Waals surface area contributed by atoms with Crippen molar-refractivity contribution in [2.24, 2.45) is 5.73 Å². The molecule has 6 heteroatoms. The number of rotatable bonds is 4. The molecule has 1 amide bonds. The maximum atomic E-state index is 12.4. The highest BCUT2D eigenvalue weighted by molar-refractivity contribution is 5.77. The summed E-state index contributed by atoms with van der Waals surface area (Å²) in [6.07, 6.45) is 5.89. The zero-order valence-corrected chi connectivity index (χ0v) is 13.0. The van der Waals surface area contributed by atoms with Gasteiger partial charge in [-0.15, -0.1) is 0 Å². The summed E-state index contributed by atoms with van der Waals surface area (Å²) >= 11 is 0. The first-order valence-electron chi connectivity index (χ1n) is 7.88. The van der Waals surface area contributed by atoms with E-state index in [0.29, 0.717) is 26.1 Å². The Hall–Kier alpha value is -1.14. The number of nitrogens with zero attached hydrogens (tertiary/aromatic N) is 2. The van der Waals surface area contributed by atoms with Crippen LogP contribution in [0.1, 0.15) is 38.5 Å². The van der Waals surface area contributed by atoms with Gasteiger partial charge in [-0.1, -0.05) is 19.3 Å². The Morgan fingerprint density at radius 3 is 2.29 bits per heavy atom. The fraction of sp³-hybridized carbons (Fsp3) is 0.867. The minimum atomic E-state index is -0.293. The molecule has 2 fully saturated rings. The molecule has 120 valence electrons. The summed E-state index contributed by atoms with van der Waals surface area (Å²) in [5.41, 5.74) is 6.07. The molecule has 1 heterocycles. The van der Waals surface area contributed by atoms with Gasteiger partial charge in [0.25, 0.3) is 0 Å². The van der Waals surface area contributed by atoms with Crippen LogP contribution in [0.15, 0.2) is 0 Å². The van der Waals surface area contributed by atoms with Crippen molar-refractivity contribution in [3.05, 3.63) is 0 Å². The predicted molar refractivity (Wildman–Crippen MR) is 79.7 cm³/mol. The Balaban J connectivity index is 1.76. The summed E-state index contributed by atoms with van der Waals surface area (Å²) in [6, 6.07) is 0. The van der Waals surface area contributed by atoms with Crippen LogP contribution < -0.4 is 5.73 Å². The molecule has 2 N–H and O–H groups in total. The standard InChI is InChI=1S/C15H27N3O3/c1-21-14(20)12-17-7-9-18(10-8-17)13(19)11-15(16)5-3-2-4-6-15/h2-12,16H2,1H3. The highest BCUT2D eigenvalue weighted by Crippen LogP contribution is 2.29. The quantitative estimate of drug-likeness (QED) is 0.758. The fourth-order valence-electron chi connectivity index (χ4n) is 3.25. The van der Waals surface area contributed by atoms with Gasteiger partial charge in [-0.2, -0.15) is 0 Å². The van der Waals surface area contributed by atoms with Gasteiger partial charge < -0.3 is 15.4 Å². The number of ether oxygens (including phenoxy) is 1. The number of nitrogens with two attached hydrogens (primary N) is 1. The van der Waals surface area contributed by atoms with Gasteiger partial charge >= 0.3 is 5.97 Å². The van der Waals surface area contributed by atoms with Gasteiger partial charge in [-0.25, -0.2) is 0 Å². The normalized spacial score (nSPS) is 22.9. The number of piperazine rings is 1. The first kappa shape index (κ1) is 16.2. The molecule has 2 rings (SSSR count). The second-order valence-electron chi connectivity index (χ2n) is 6.33. The average molecular weight is 297 g/mol. The Morgan fingerprint density at radius 2 is 1.71 bits per heavy atom. The zero-order chi connectivity index (χ0) is 15.3. The minimum absolute atomic E-state index is 0.164. The maximum absolute atomic E-state index is 12.4. The second kappa shape index (κ2) is 7.22. The van der Waals surface area contributed by atoms with E-state index in [4.69, 9.17) is 5.73 Å². The Morgan fingerprint density at radius 1 is 1.10 bits per heavy atom. The molecule has 0 unspecified atom stereocenters. The summed E-state index contributed by atoms with van der Waals surface area (Å²) in [6.45, 7) is 3.09. The largest absolute Gasteiger partial charge is 0.468 e. The molecule has 0 atom stereocenters. The molecule has 1 aliphatic heterocycles. The number of amides is 1. The Labute approximate surface area is 126 Å². The lowest BCUT2D eigenvalue weighted by atomic mass is 9.80. The fourth-order valence-corrected chi connectivity index (χ4v) is 3.25. The molecule has 0 radical (unpaired) electrons. The van der Waals surface area contributed by atoms with Gasteiger partial charge in [0.2, 0.25) is 5.91 Å². The third-order valence-corrected chi connectivity index (χ3v) is 4.66. The number of esters is 1. The lowest BCUT2D eigenvalue weighted by Gasteiger charge is -2.38. The lowest BCUT2D eigenvalue weighted by Crippen LogP contribution is -2.53. The zero-order valence-electron chi connectivity index (χ0n) is 13.0. The molecule has 21 heavy (non-hydrogen) atoms. The lowest BCUT2D eigenvalue weighted by molar-refractivity contribution is -0.142. The van der Waals surface area contributed by atoms with Crippen LogP contribution in [0.25, 0.3) is 0 Å². The van der Waals surface area contributed by atoms with Crippen LogP contribution in [0.3, 0.4) is 0 Å². The highest BCUT2D eigenvalue weighted by atomic mass is 16.5. The van der Waals surface area contributed by atoms with E-state index in [2.05, 4.69) is 4.74 Å². The monoisotopic (exact) mass is 297 g/mol. The summed E-state index contributed by atoms with van der Waals surface area (Å²) in [5, 5.41) is 0. The van der Waals surface area contributed by atoms with Crippen LogP contribution >= 0.6 is 0 Å². The molecular formula is C15H27N3O3. The predicted octanol–water partition coefficient (Wildman–Crippen LogP) is 0.355. The van der Waals surface area contributed by atoms with Crippen LogP contribution in [-0.2, 0) is 14.3 Å². The van der Waals surface area contributed by atoms with Crippen LogP contribution in [0.2, 0.25) is 0 Å². The van der Waals surface area contributed by atoms with E-state index in [1.165, 1.54) is 13.5 Å². The van der Waals surface area contributed by atoms with Crippen LogP contribution in [0.4, 0.5) is 0 Å². The summed E-state index contributed by atoms with van der Waals surface area (Å²) < 4.78 is 4.66. The van der Waals surface area contributed by atoms with Crippen molar-refractivity contribution in [1.82, 2.24) is 9.80 Å². The topological polar surface area (TPSA) is 75.9 Å². The molecule has 1 saturated heterocycles.